The molecule has 5 nitrogen and oxygen atoms in total. The maximum absolute atomic E-state index is 11.6. The molecule has 0 bridgehead atoms. The summed E-state index contributed by atoms with van der Waals surface area (Å²) in [4.78, 5) is 35.9. The molecule has 1 fully saturated rings. The van der Waals surface area contributed by atoms with Crippen LogP contribution < -0.4 is 5.32 Å². The van der Waals surface area contributed by atoms with Crippen LogP contribution in [0.1, 0.15) is 28.8 Å². The van der Waals surface area contributed by atoms with Gasteiger partial charge in [-0.05, 0) is 17.7 Å². The lowest BCUT2D eigenvalue weighted by atomic mass is 10.1. The molecule has 0 saturated carbocycles. The van der Waals surface area contributed by atoms with E-state index in [9.17, 15) is 14.4 Å². The Morgan fingerprint density at radius 1 is 1.20 bits per heavy atom. The van der Waals surface area contributed by atoms with E-state index < -0.39 is 0 Å². The zero-order chi connectivity index (χ0) is 14.5. The molecule has 1 aromatic carbocycles. The van der Waals surface area contributed by atoms with Crippen LogP contribution in [0.4, 0.5) is 0 Å². The first-order chi connectivity index (χ1) is 9.61. The van der Waals surface area contributed by atoms with E-state index in [4.69, 9.17) is 6.42 Å². The van der Waals surface area contributed by atoms with Crippen molar-refractivity contribution in [2.75, 3.05) is 6.54 Å². The number of nitrogens with one attached hydrogen (secondary N) is 1. The van der Waals surface area contributed by atoms with E-state index in [1.54, 1.807) is 24.3 Å². The van der Waals surface area contributed by atoms with Gasteiger partial charge in [0.1, 0.15) is 0 Å². The van der Waals surface area contributed by atoms with Crippen LogP contribution in [-0.4, -0.2) is 29.2 Å². The highest BCUT2D eigenvalue weighted by atomic mass is 16.2. The maximum atomic E-state index is 11.6. The van der Waals surface area contributed by atoms with Crippen molar-refractivity contribution < 1.29 is 14.4 Å². The summed E-state index contributed by atoms with van der Waals surface area (Å²) in [5, 5.41) is 2.56. The molecule has 0 spiro atoms. The summed E-state index contributed by atoms with van der Waals surface area (Å²) < 4.78 is 0. The Hall–Kier alpha value is -2.61. The molecule has 1 saturated heterocycles. The minimum Gasteiger partial charge on any atom is -0.341 e. The van der Waals surface area contributed by atoms with Crippen LogP contribution in [0.5, 0.6) is 0 Å². The van der Waals surface area contributed by atoms with Gasteiger partial charge in [-0.3, -0.25) is 19.3 Å². The monoisotopic (exact) mass is 270 g/mol. The summed E-state index contributed by atoms with van der Waals surface area (Å²) in [5.41, 5.74) is 1.30. The van der Waals surface area contributed by atoms with E-state index in [0.29, 0.717) is 5.56 Å². The number of nitrogens with zero attached hydrogens (tertiary/aromatic N) is 1. The molecule has 2 rings (SSSR count). The number of likely N-dealkylation sites (tertiary alicyclic amines) is 1. The lowest BCUT2D eigenvalue weighted by Crippen LogP contribution is -2.28. The van der Waals surface area contributed by atoms with Crippen LogP contribution in [0.2, 0.25) is 0 Å². The van der Waals surface area contributed by atoms with Crippen molar-refractivity contribution in [1.82, 2.24) is 10.2 Å². The summed E-state index contributed by atoms with van der Waals surface area (Å²) in [6.45, 7) is 0.432. The van der Waals surface area contributed by atoms with Gasteiger partial charge in [-0.1, -0.05) is 18.1 Å². The summed E-state index contributed by atoms with van der Waals surface area (Å²) in [5.74, 6) is 1.78. The highest BCUT2D eigenvalue weighted by molar-refractivity contribution is 6.01. The minimum absolute atomic E-state index is 0.147. The van der Waals surface area contributed by atoms with Gasteiger partial charge in [-0.2, -0.15) is 0 Å². The van der Waals surface area contributed by atoms with Crippen molar-refractivity contribution in [3.63, 3.8) is 0 Å². The molecule has 1 aromatic rings. The smallest absolute Gasteiger partial charge is 0.252 e. The molecule has 20 heavy (non-hydrogen) atoms. The predicted octanol–water partition coefficient (Wildman–Crippen LogP) is 0.699. The molecule has 0 unspecified atom stereocenters. The highest BCUT2D eigenvalue weighted by Gasteiger charge is 2.28. The Balaban J connectivity index is 2.02. The van der Waals surface area contributed by atoms with E-state index in [0.717, 1.165) is 5.56 Å². The topological polar surface area (TPSA) is 66.5 Å². The summed E-state index contributed by atoms with van der Waals surface area (Å²) in [7, 11) is 0. The second-order valence-electron chi connectivity index (χ2n) is 4.46. The number of carbonyl (C=O) groups excluding carboxylic acids is 3. The second kappa shape index (κ2) is 6.02. The standard InChI is InChI=1S/C15H14N2O3/c1-2-9-16-15(20)12-5-3-11(4-6-12)10-17-13(18)7-8-14(17)19/h1,3-6H,7-10H2,(H,16,20). The summed E-state index contributed by atoms with van der Waals surface area (Å²) in [6, 6.07) is 6.74. The number of rotatable bonds is 4. The van der Waals surface area contributed by atoms with Crippen LogP contribution in [0.3, 0.4) is 0 Å². The molecule has 102 valence electrons. The molecule has 5 heteroatoms. The Labute approximate surface area is 117 Å². The quantitative estimate of drug-likeness (QED) is 0.647. The largest absolute Gasteiger partial charge is 0.341 e. The Kier molecular flexibility index (Phi) is 4.16. The first-order valence-corrected chi connectivity index (χ1v) is 6.25. The van der Waals surface area contributed by atoms with Crippen molar-refractivity contribution >= 4 is 17.7 Å². The van der Waals surface area contributed by atoms with E-state index in [1.165, 1.54) is 4.90 Å². The maximum Gasteiger partial charge on any atom is 0.252 e. The van der Waals surface area contributed by atoms with Gasteiger partial charge >= 0.3 is 0 Å². The van der Waals surface area contributed by atoms with Crippen LogP contribution in [0, 0.1) is 12.3 Å². The third kappa shape index (κ3) is 3.04. The van der Waals surface area contributed by atoms with Gasteiger partial charge in [-0.25, -0.2) is 0 Å². The van der Waals surface area contributed by atoms with Gasteiger partial charge in [0.25, 0.3) is 5.91 Å². The van der Waals surface area contributed by atoms with E-state index in [1.807, 2.05) is 0 Å². The van der Waals surface area contributed by atoms with Crippen molar-refractivity contribution in [3.05, 3.63) is 35.4 Å². The number of carbonyl (C=O) groups is 3. The average Bonchev–Trinajstić information content (AvgIpc) is 2.77. The normalized spacial score (nSPS) is 14.2. The lowest BCUT2D eigenvalue weighted by molar-refractivity contribution is -0.139. The fraction of sp³-hybridized carbons (Fsp3) is 0.267. The van der Waals surface area contributed by atoms with E-state index >= 15 is 0 Å². The molecule has 1 aliphatic rings. The lowest BCUT2D eigenvalue weighted by Gasteiger charge is -2.13. The van der Waals surface area contributed by atoms with Crippen molar-refractivity contribution in [2.24, 2.45) is 0 Å². The van der Waals surface area contributed by atoms with Gasteiger partial charge < -0.3 is 5.32 Å². The molecular weight excluding hydrogens is 256 g/mol. The van der Waals surface area contributed by atoms with Crippen molar-refractivity contribution in [3.8, 4) is 12.3 Å². The first kappa shape index (κ1) is 13.8. The number of benzene rings is 1. The molecule has 1 heterocycles. The van der Waals surface area contributed by atoms with Crippen molar-refractivity contribution in [1.29, 1.82) is 0 Å². The Morgan fingerprint density at radius 2 is 1.80 bits per heavy atom. The van der Waals surface area contributed by atoms with E-state index in [2.05, 4.69) is 11.2 Å². The average molecular weight is 270 g/mol. The van der Waals surface area contributed by atoms with Crippen LogP contribution in [0.15, 0.2) is 24.3 Å². The van der Waals surface area contributed by atoms with E-state index in [-0.39, 0.29) is 43.7 Å². The van der Waals surface area contributed by atoms with Crippen LogP contribution in [0.25, 0.3) is 0 Å². The Bertz CT molecular complexity index is 568. The Morgan fingerprint density at radius 3 is 2.35 bits per heavy atom. The summed E-state index contributed by atoms with van der Waals surface area (Å²) >= 11 is 0. The SMILES string of the molecule is C#CCNC(=O)c1ccc(CN2C(=O)CCC2=O)cc1. The van der Waals surface area contributed by atoms with Crippen LogP contribution in [-0.2, 0) is 16.1 Å². The fourth-order valence-electron chi connectivity index (χ4n) is 1.98. The number of imide groups is 1. The van der Waals surface area contributed by atoms with Gasteiger partial charge in [0.15, 0.2) is 0 Å². The fourth-order valence-corrected chi connectivity index (χ4v) is 1.98. The number of hydrogen-bond acceptors (Lipinski definition) is 3. The molecule has 0 radical (unpaired) electrons. The number of amides is 3. The molecule has 1 N–H and O–H groups in total. The zero-order valence-electron chi connectivity index (χ0n) is 10.9. The minimum atomic E-state index is -0.247. The summed E-state index contributed by atoms with van der Waals surface area (Å²) in [6.07, 6.45) is 5.63. The van der Waals surface area contributed by atoms with Gasteiger partial charge in [0, 0.05) is 18.4 Å². The molecule has 3 amide bonds. The third-order valence-corrected chi connectivity index (χ3v) is 3.06. The first-order valence-electron chi connectivity index (χ1n) is 6.25. The molecule has 0 aliphatic carbocycles. The molecule has 1 aliphatic heterocycles. The highest BCUT2D eigenvalue weighted by Crippen LogP contribution is 2.16. The number of hydrogen-bond donors (Lipinski definition) is 1. The van der Waals surface area contributed by atoms with Gasteiger partial charge in [0.05, 0.1) is 13.1 Å². The second-order valence-corrected chi connectivity index (χ2v) is 4.46. The van der Waals surface area contributed by atoms with Gasteiger partial charge in [-0.15, -0.1) is 6.42 Å². The molecule has 0 aromatic heterocycles. The zero-order valence-corrected chi connectivity index (χ0v) is 10.9. The third-order valence-electron chi connectivity index (χ3n) is 3.06. The predicted molar refractivity (Wildman–Crippen MR) is 72.4 cm³/mol. The molecule has 0 atom stereocenters. The van der Waals surface area contributed by atoms with Gasteiger partial charge in [0.2, 0.25) is 11.8 Å². The van der Waals surface area contributed by atoms with Crippen LogP contribution >= 0.6 is 0 Å². The molecular formula is C15H14N2O3. The number of terminal acetylenes is 1. The van der Waals surface area contributed by atoms with Crippen molar-refractivity contribution in [2.45, 2.75) is 19.4 Å².